The lowest BCUT2D eigenvalue weighted by Crippen LogP contribution is -2.47. The molecule has 0 spiro atoms. The Hall–Kier alpha value is -1.63. The molecule has 1 aliphatic rings. The zero-order valence-corrected chi connectivity index (χ0v) is 18.4. The van der Waals surface area contributed by atoms with Gasteiger partial charge in [-0.2, -0.15) is 13.2 Å². The number of halogens is 5. The lowest BCUT2D eigenvalue weighted by molar-refractivity contribution is -0.143. The van der Waals surface area contributed by atoms with Gasteiger partial charge in [-0.25, -0.2) is 4.39 Å². The molecule has 6 nitrogen and oxygen atoms in total. The molecule has 0 radical (unpaired) electrons. The highest BCUT2D eigenvalue weighted by Gasteiger charge is 2.34. The van der Waals surface area contributed by atoms with Crippen LogP contribution in [0.2, 0.25) is 0 Å². The maximum Gasteiger partial charge on any atom is 0.401 e. The molecule has 1 aromatic carbocycles. The van der Waals surface area contributed by atoms with Crippen LogP contribution in [0.5, 0.6) is 0 Å². The van der Waals surface area contributed by atoms with E-state index in [0.29, 0.717) is 44.1 Å². The summed E-state index contributed by atoms with van der Waals surface area (Å²) in [7, 11) is 1.57. The van der Waals surface area contributed by atoms with Gasteiger partial charge in [0, 0.05) is 39.3 Å². The minimum atomic E-state index is -4.19. The quantitative estimate of drug-likeness (QED) is 0.166. The summed E-state index contributed by atoms with van der Waals surface area (Å²) in [6, 6.07) is 5.62. The van der Waals surface area contributed by atoms with Crippen molar-refractivity contribution in [2.24, 2.45) is 4.99 Å². The number of rotatable bonds is 7. The van der Waals surface area contributed by atoms with E-state index in [1.807, 2.05) is 0 Å². The van der Waals surface area contributed by atoms with E-state index in [1.165, 1.54) is 17.0 Å². The molecule has 0 bridgehead atoms. The van der Waals surface area contributed by atoms with Crippen LogP contribution in [0, 0.1) is 5.82 Å². The number of alkyl halides is 3. The second-order valence-corrected chi connectivity index (χ2v) is 6.63. The lowest BCUT2D eigenvalue weighted by atomic mass is 10.1. The largest absolute Gasteiger partial charge is 0.401 e. The van der Waals surface area contributed by atoms with Gasteiger partial charge in [-0.1, -0.05) is 12.1 Å². The number of nitrogens with zero attached hydrogens (tertiary/aromatic N) is 2. The molecule has 2 rings (SSSR count). The van der Waals surface area contributed by atoms with E-state index in [1.54, 1.807) is 19.2 Å². The molecule has 1 heterocycles. The lowest BCUT2D eigenvalue weighted by Gasteiger charge is -2.19. The molecule has 29 heavy (non-hydrogen) atoms. The molecule has 1 fully saturated rings. The minimum absolute atomic E-state index is 0. The fourth-order valence-electron chi connectivity index (χ4n) is 2.97. The topological polar surface area (TPSA) is 68.8 Å². The van der Waals surface area contributed by atoms with Crippen molar-refractivity contribution >= 4 is 35.8 Å². The van der Waals surface area contributed by atoms with Crippen molar-refractivity contribution in [2.75, 3.05) is 39.8 Å². The number of carbonyl (C=O) groups excluding carboxylic acids is 1. The first-order valence-corrected chi connectivity index (χ1v) is 9.02. The molecule has 1 aliphatic heterocycles. The van der Waals surface area contributed by atoms with Gasteiger partial charge in [0.15, 0.2) is 5.96 Å². The summed E-state index contributed by atoms with van der Waals surface area (Å²) in [6.45, 7) is 0.541. The third-order valence-electron chi connectivity index (χ3n) is 4.26. The van der Waals surface area contributed by atoms with Crippen molar-refractivity contribution in [1.29, 1.82) is 0 Å². The molecule has 164 valence electrons. The van der Waals surface area contributed by atoms with Crippen molar-refractivity contribution < 1.29 is 22.4 Å². The third-order valence-corrected chi connectivity index (χ3v) is 4.26. The molecule has 1 unspecified atom stereocenters. The van der Waals surface area contributed by atoms with Gasteiger partial charge in [-0.15, -0.1) is 24.0 Å². The highest BCUT2D eigenvalue weighted by molar-refractivity contribution is 14.0. The maximum atomic E-state index is 12.8. The van der Waals surface area contributed by atoms with Crippen LogP contribution < -0.4 is 16.0 Å². The summed E-state index contributed by atoms with van der Waals surface area (Å²) < 4.78 is 50.2. The van der Waals surface area contributed by atoms with E-state index in [9.17, 15) is 22.4 Å². The molecular formula is C18H26F4IN5O. The van der Waals surface area contributed by atoms with Crippen molar-refractivity contribution in [3.8, 4) is 0 Å². The molecule has 1 aromatic rings. The Kier molecular flexibility index (Phi) is 10.6. The van der Waals surface area contributed by atoms with Crippen LogP contribution in [-0.2, 0) is 11.2 Å². The van der Waals surface area contributed by atoms with Gasteiger partial charge < -0.3 is 16.0 Å². The van der Waals surface area contributed by atoms with Crippen molar-refractivity contribution in [1.82, 2.24) is 20.9 Å². The first kappa shape index (κ1) is 25.4. The number of hydrogen-bond donors (Lipinski definition) is 3. The predicted octanol–water partition coefficient (Wildman–Crippen LogP) is 1.90. The fourth-order valence-corrected chi connectivity index (χ4v) is 2.97. The average Bonchev–Trinajstić information content (AvgIpc) is 3.04. The zero-order valence-electron chi connectivity index (χ0n) is 16.1. The van der Waals surface area contributed by atoms with Gasteiger partial charge in [0.05, 0.1) is 13.0 Å². The molecule has 0 aromatic heterocycles. The summed E-state index contributed by atoms with van der Waals surface area (Å²) in [4.78, 5) is 17.3. The molecule has 11 heteroatoms. The molecular weight excluding hydrogens is 505 g/mol. The molecule has 0 saturated carbocycles. The number of benzene rings is 1. The second kappa shape index (κ2) is 12.2. The van der Waals surface area contributed by atoms with Gasteiger partial charge in [0.25, 0.3) is 0 Å². The van der Waals surface area contributed by atoms with Gasteiger partial charge >= 0.3 is 6.18 Å². The normalized spacial score (nSPS) is 17.6. The third kappa shape index (κ3) is 10.1. The van der Waals surface area contributed by atoms with Crippen LogP contribution in [0.3, 0.4) is 0 Å². The molecule has 0 aliphatic carbocycles. The van der Waals surface area contributed by atoms with Crippen LogP contribution in [-0.4, -0.2) is 68.8 Å². The molecule has 1 saturated heterocycles. The second-order valence-electron chi connectivity index (χ2n) is 6.63. The van der Waals surface area contributed by atoms with E-state index in [-0.39, 0.29) is 48.2 Å². The Labute approximate surface area is 184 Å². The van der Waals surface area contributed by atoms with Gasteiger partial charge in [-0.3, -0.25) is 14.7 Å². The van der Waals surface area contributed by atoms with E-state index in [0.717, 1.165) is 0 Å². The average molecular weight is 531 g/mol. The number of nitrogens with one attached hydrogen (secondary N) is 3. The Bertz CT molecular complexity index is 669. The van der Waals surface area contributed by atoms with Gasteiger partial charge in [-0.05, 0) is 24.1 Å². The standard InChI is InChI=1S/C18H25F4N5O.HI/c1-23-17(26-15-6-9-27(11-15)12-18(20,21)22)25-8-7-24-16(28)10-13-2-4-14(19)5-3-13;/h2-5,15H,6-12H2,1H3,(H,24,28)(H2,23,25,26);1H. The highest BCUT2D eigenvalue weighted by Crippen LogP contribution is 2.19. The number of carbonyl (C=O) groups is 1. The number of guanidine groups is 1. The molecule has 3 N–H and O–H groups in total. The first-order chi connectivity index (χ1) is 13.2. The summed E-state index contributed by atoms with van der Waals surface area (Å²) in [5.41, 5.74) is 0.717. The van der Waals surface area contributed by atoms with E-state index in [2.05, 4.69) is 20.9 Å². The van der Waals surface area contributed by atoms with Crippen molar-refractivity contribution in [3.63, 3.8) is 0 Å². The number of likely N-dealkylation sites (tertiary alicyclic amines) is 1. The van der Waals surface area contributed by atoms with Crippen LogP contribution >= 0.6 is 24.0 Å². The zero-order chi connectivity index (χ0) is 20.6. The Morgan fingerprint density at radius 1 is 1.21 bits per heavy atom. The van der Waals surface area contributed by atoms with E-state index in [4.69, 9.17) is 0 Å². The Morgan fingerprint density at radius 3 is 2.48 bits per heavy atom. The Morgan fingerprint density at radius 2 is 1.86 bits per heavy atom. The molecule has 1 atom stereocenters. The fraction of sp³-hybridized carbons (Fsp3) is 0.556. The van der Waals surface area contributed by atoms with Gasteiger partial charge in [0.2, 0.25) is 5.91 Å². The van der Waals surface area contributed by atoms with E-state index >= 15 is 0 Å². The smallest absolute Gasteiger partial charge is 0.355 e. The van der Waals surface area contributed by atoms with E-state index < -0.39 is 12.7 Å². The van der Waals surface area contributed by atoms with Crippen LogP contribution in [0.4, 0.5) is 17.6 Å². The number of hydrogen-bond acceptors (Lipinski definition) is 3. The maximum absolute atomic E-state index is 12.8. The highest BCUT2D eigenvalue weighted by atomic mass is 127. The summed E-state index contributed by atoms with van der Waals surface area (Å²) >= 11 is 0. The number of amides is 1. The van der Waals surface area contributed by atoms with Gasteiger partial charge in [0.1, 0.15) is 5.82 Å². The number of aliphatic imine (C=N–C) groups is 1. The minimum Gasteiger partial charge on any atom is -0.355 e. The SMILES string of the molecule is CN=C(NCCNC(=O)Cc1ccc(F)cc1)NC1CCN(CC(F)(F)F)C1.I. The first-order valence-electron chi connectivity index (χ1n) is 9.02. The summed E-state index contributed by atoms with van der Waals surface area (Å²) in [5, 5.41) is 8.86. The Balaban J connectivity index is 0.00000420. The van der Waals surface area contributed by atoms with Crippen LogP contribution in [0.25, 0.3) is 0 Å². The van der Waals surface area contributed by atoms with Crippen molar-refractivity contribution in [2.45, 2.75) is 25.1 Å². The monoisotopic (exact) mass is 531 g/mol. The van der Waals surface area contributed by atoms with Crippen LogP contribution in [0.1, 0.15) is 12.0 Å². The summed E-state index contributed by atoms with van der Waals surface area (Å²) in [5.74, 6) is -0.0578. The molecule has 1 amide bonds. The summed E-state index contributed by atoms with van der Waals surface area (Å²) in [6.07, 6.45) is -3.43. The predicted molar refractivity (Wildman–Crippen MR) is 114 cm³/mol. The van der Waals surface area contributed by atoms with Crippen molar-refractivity contribution in [3.05, 3.63) is 35.6 Å². The van der Waals surface area contributed by atoms with Crippen LogP contribution in [0.15, 0.2) is 29.3 Å².